The standard InChI is InChI=1S/C27H40N2O/c1-3-5-7-8-9-11-23-12-14-24(15-13-23)18-21-26-28-27(29-30-26)25-19-16-22(17-20-25)10-6-4-2/h12-15,18,21-22,25H,3-11,16-17,19-20H2,1-2H3. The molecule has 0 amide bonds. The minimum Gasteiger partial charge on any atom is -0.335 e. The molecule has 0 N–H and O–H groups in total. The molecule has 1 saturated carbocycles. The third-order valence-corrected chi connectivity index (χ3v) is 6.60. The molecule has 30 heavy (non-hydrogen) atoms. The van der Waals surface area contributed by atoms with Crippen molar-refractivity contribution in [3.8, 4) is 0 Å². The van der Waals surface area contributed by atoms with Gasteiger partial charge in [-0.05, 0) is 61.6 Å². The summed E-state index contributed by atoms with van der Waals surface area (Å²) >= 11 is 0. The lowest BCUT2D eigenvalue weighted by Gasteiger charge is -2.26. The van der Waals surface area contributed by atoms with Gasteiger partial charge in [-0.15, -0.1) is 0 Å². The molecular formula is C27H40N2O. The number of rotatable bonds is 12. The van der Waals surface area contributed by atoms with Crippen LogP contribution in [0.5, 0.6) is 0 Å². The second kappa shape index (κ2) is 12.7. The van der Waals surface area contributed by atoms with Crippen LogP contribution in [0.25, 0.3) is 12.2 Å². The summed E-state index contributed by atoms with van der Waals surface area (Å²) in [5, 5.41) is 4.27. The molecule has 0 bridgehead atoms. The molecule has 1 aliphatic carbocycles. The van der Waals surface area contributed by atoms with Gasteiger partial charge in [-0.3, -0.25) is 0 Å². The largest absolute Gasteiger partial charge is 0.335 e. The van der Waals surface area contributed by atoms with E-state index in [0.717, 1.165) is 11.7 Å². The summed E-state index contributed by atoms with van der Waals surface area (Å²) < 4.78 is 5.49. The third kappa shape index (κ3) is 7.41. The molecule has 0 saturated heterocycles. The monoisotopic (exact) mass is 408 g/mol. The van der Waals surface area contributed by atoms with Crippen molar-refractivity contribution in [2.24, 2.45) is 5.92 Å². The number of hydrogen-bond acceptors (Lipinski definition) is 3. The fourth-order valence-electron chi connectivity index (χ4n) is 4.58. The van der Waals surface area contributed by atoms with E-state index in [2.05, 4.69) is 54.3 Å². The van der Waals surface area contributed by atoms with Crippen LogP contribution in [0, 0.1) is 5.92 Å². The Bertz CT molecular complexity index is 738. The first kappa shape index (κ1) is 22.8. The minimum absolute atomic E-state index is 0.477. The molecule has 1 heterocycles. The van der Waals surface area contributed by atoms with Crippen molar-refractivity contribution in [2.45, 2.75) is 103 Å². The quantitative estimate of drug-likeness (QED) is 0.332. The van der Waals surface area contributed by atoms with Crippen LogP contribution in [0.1, 0.15) is 120 Å². The van der Waals surface area contributed by atoms with E-state index in [1.54, 1.807) is 0 Å². The van der Waals surface area contributed by atoms with E-state index in [1.165, 1.54) is 94.6 Å². The molecule has 0 radical (unpaired) electrons. The van der Waals surface area contributed by atoms with Gasteiger partial charge in [0.15, 0.2) is 5.82 Å². The summed E-state index contributed by atoms with van der Waals surface area (Å²) in [6.45, 7) is 4.55. The first-order chi connectivity index (χ1) is 14.8. The first-order valence-corrected chi connectivity index (χ1v) is 12.4. The van der Waals surface area contributed by atoms with Gasteiger partial charge in [-0.25, -0.2) is 0 Å². The highest BCUT2D eigenvalue weighted by Gasteiger charge is 2.25. The van der Waals surface area contributed by atoms with Crippen molar-refractivity contribution in [2.75, 3.05) is 0 Å². The van der Waals surface area contributed by atoms with E-state index in [0.29, 0.717) is 11.8 Å². The molecule has 164 valence electrons. The van der Waals surface area contributed by atoms with Crippen LogP contribution < -0.4 is 0 Å². The smallest absolute Gasteiger partial charge is 0.250 e. The van der Waals surface area contributed by atoms with E-state index in [9.17, 15) is 0 Å². The van der Waals surface area contributed by atoms with E-state index >= 15 is 0 Å². The Labute approximate surface area is 183 Å². The van der Waals surface area contributed by atoms with Crippen LogP contribution in [-0.4, -0.2) is 10.1 Å². The average Bonchev–Trinajstić information content (AvgIpc) is 3.26. The molecule has 0 unspecified atom stereocenters. The summed E-state index contributed by atoms with van der Waals surface area (Å²) in [5.74, 6) is 2.91. The van der Waals surface area contributed by atoms with Gasteiger partial charge in [-0.2, -0.15) is 4.98 Å². The molecule has 3 rings (SSSR count). The summed E-state index contributed by atoms with van der Waals surface area (Å²) in [6.07, 6.45) is 21.0. The molecule has 0 atom stereocenters. The third-order valence-electron chi connectivity index (χ3n) is 6.60. The van der Waals surface area contributed by atoms with Crippen molar-refractivity contribution in [1.29, 1.82) is 0 Å². The van der Waals surface area contributed by atoms with Gasteiger partial charge in [0.25, 0.3) is 5.89 Å². The fraction of sp³-hybridized carbons (Fsp3) is 0.630. The molecule has 0 spiro atoms. The Balaban J connectivity index is 1.44. The van der Waals surface area contributed by atoms with Gasteiger partial charge in [0.2, 0.25) is 0 Å². The Morgan fingerprint density at radius 1 is 0.867 bits per heavy atom. The van der Waals surface area contributed by atoms with Crippen LogP contribution in [0.4, 0.5) is 0 Å². The highest BCUT2D eigenvalue weighted by Crippen LogP contribution is 2.36. The van der Waals surface area contributed by atoms with Crippen molar-refractivity contribution in [3.63, 3.8) is 0 Å². The van der Waals surface area contributed by atoms with E-state index in [-0.39, 0.29) is 0 Å². The highest BCUT2D eigenvalue weighted by molar-refractivity contribution is 5.66. The second-order valence-corrected chi connectivity index (χ2v) is 9.09. The second-order valence-electron chi connectivity index (χ2n) is 9.09. The van der Waals surface area contributed by atoms with Gasteiger partial charge >= 0.3 is 0 Å². The lowest BCUT2D eigenvalue weighted by Crippen LogP contribution is -2.14. The number of nitrogens with zero attached hydrogens (tertiary/aromatic N) is 2. The van der Waals surface area contributed by atoms with Crippen molar-refractivity contribution >= 4 is 12.2 Å². The molecule has 1 aliphatic rings. The predicted octanol–water partition coefficient (Wildman–Crippen LogP) is 8.22. The van der Waals surface area contributed by atoms with Crippen LogP contribution in [0.3, 0.4) is 0 Å². The summed E-state index contributed by atoms with van der Waals surface area (Å²) in [7, 11) is 0. The summed E-state index contributed by atoms with van der Waals surface area (Å²) in [4.78, 5) is 4.65. The maximum Gasteiger partial charge on any atom is 0.250 e. The number of aromatic nitrogens is 2. The Hall–Kier alpha value is -1.90. The van der Waals surface area contributed by atoms with E-state index in [4.69, 9.17) is 4.52 Å². The molecule has 0 aliphatic heterocycles. The summed E-state index contributed by atoms with van der Waals surface area (Å²) in [6, 6.07) is 8.87. The molecule has 2 aromatic rings. The van der Waals surface area contributed by atoms with Crippen LogP contribution in [-0.2, 0) is 6.42 Å². The van der Waals surface area contributed by atoms with Crippen LogP contribution in [0.15, 0.2) is 28.8 Å². The molecular weight excluding hydrogens is 368 g/mol. The SMILES string of the molecule is CCCCCCCc1ccc(C=Cc2nc(C3CCC(CCCC)CC3)no2)cc1. The fourth-order valence-corrected chi connectivity index (χ4v) is 4.58. The summed E-state index contributed by atoms with van der Waals surface area (Å²) in [5.41, 5.74) is 2.61. The molecule has 1 aromatic heterocycles. The van der Waals surface area contributed by atoms with E-state index in [1.807, 2.05) is 6.08 Å². The Morgan fingerprint density at radius 3 is 2.33 bits per heavy atom. The lowest BCUT2D eigenvalue weighted by molar-refractivity contribution is 0.292. The number of unbranched alkanes of at least 4 members (excludes halogenated alkanes) is 5. The zero-order valence-electron chi connectivity index (χ0n) is 19.1. The topological polar surface area (TPSA) is 38.9 Å². The lowest BCUT2D eigenvalue weighted by atomic mass is 9.79. The van der Waals surface area contributed by atoms with Gasteiger partial charge in [-0.1, -0.05) is 88.2 Å². The normalized spacial score (nSPS) is 19.5. The van der Waals surface area contributed by atoms with Gasteiger partial charge in [0.1, 0.15) is 0 Å². The van der Waals surface area contributed by atoms with Crippen LogP contribution >= 0.6 is 0 Å². The maximum atomic E-state index is 5.49. The highest BCUT2D eigenvalue weighted by atomic mass is 16.5. The number of benzene rings is 1. The van der Waals surface area contributed by atoms with Gasteiger partial charge in [0, 0.05) is 12.0 Å². The Kier molecular flexibility index (Phi) is 9.66. The number of hydrogen-bond donors (Lipinski definition) is 0. The minimum atomic E-state index is 0.477. The molecule has 3 nitrogen and oxygen atoms in total. The Morgan fingerprint density at radius 2 is 1.60 bits per heavy atom. The average molecular weight is 409 g/mol. The van der Waals surface area contributed by atoms with Crippen molar-refractivity contribution in [3.05, 3.63) is 47.1 Å². The van der Waals surface area contributed by atoms with Gasteiger partial charge < -0.3 is 4.52 Å². The predicted molar refractivity (Wildman–Crippen MR) is 126 cm³/mol. The molecule has 1 fully saturated rings. The van der Waals surface area contributed by atoms with Crippen molar-refractivity contribution in [1.82, 2.24) is 10.1 Å². The molecule has 1 aromatic carbocycles. The molecule has 3 heteroatoms. The van der Waals surface area contributed by atoms with Crippen LogP contribution in [0.2, 0.25) is 0 Å². The van der Waals surface area contributed by atoms with Crippen molar-refractivity contribution < 1.29 is 4.52 Å². The first-order valence-electron chi connectivity index (χ1n) is 12.4. The zero-order chi connectivity index (χ0) is 21.0. The van der Waals surface area contributed by atoms with E-state index < -0.39 is 0 Å². The van der Waals surface area contributed by atoms with Gasteiger partial charge in [0.05, 0.1) is 0 Å². The number of aryl methyl sites for hydroxylation is 1. The zero-order valence-corrected chi connectivity index (χ0v) is 19.1. The maximum absolute atomic E-state index is 5.49.